The van der Waals surface area contributed by atoms with Gasteiger partial charge in [-0.05, 0) is 30.9 Å². The van der Waals surface area contributed by atoms with Crippen LogP contribution in [0.3, 0.4) is 0 Å². The fourth-order valence-corrected chi connectivity index (χ4v) is 2.56. The number of nitrogens with two attached hydrogens (primary N) is 1. The van der Waals surface area contributed by atoms with Gasteiger partial charge in [-0.2, -0.15) is 0 Å². The van der Waals surface area contributed by atoms with E-state index in [1.54, 1.807) is 7.11 Å². The first-order chi connectivity index (χ1) is 11.8. The smallest absolute Gasteiger partial charge is 0.193 e. The lowest BCUT2D eigenvalue weighted by molar-refractivity contribution is 0.185. The van der Waals surface area contributed by atoms with Crippen LogP contribution in [0.2, 0.25) is 0 Å². The summed E-state index contributed by atoms with van der Waals surface area (Å²) in [4.78, 5) is 4.41. The number of unbranched alkanes of at least 4 members (excludes halogenated alkanes) is 2. The summed E-state index contributed by atoms with van der Waals surface area (Å²) in [5, 5.41) is 3.16. The molecule has 3 N–H and O–H groups in total. The summed E-state index contributed by atoms with van der Waals surface area (Å²) in [7, 11) is 1.68. The minimum atomic E-state index is 0.460. The SMILES string of the molecule is COCc1ccccc1NC(N)=NCCCCCc1ccccc1. The van der Waals surface area contributed by atoms with Crippen molar-refractivity contribution in [1.82, 2.24) is 0 Å². The molecule has 0 saturated carbocycles. The molecule has 0 fully saturated rings. The Labute approximate surface area is 144 Å². The quantitative estimate of drug-likeness (QED) is 0.416. The maximum absolute atomic E-state index is 5.97. The van der Waals surface area contributed by atoms with Gasteiger partial charge in [0.15, 0.2) is 5.96 Å². The number of methoxy groups -OCH3 is 1. The zero-order chi connectivity index (χ0) is 17.0. The fraction of sp³-hybridized carbons (Fsp3) is 0.350. The molecule has 0 atom stereocenters. The molecule has 2 rings (SSSR count). The molecule has 0 unspecified atom stereocenters. The van der Waals surface area contributed by atoms with Crippen molar-refractivity contribution in [3.63, 3.8) is 0 Å². The molecule has 0 aromatic heterocycles. The summed E-state index contributed by atoms with van der Waals surface area (Å²) in [5.74, 6) is 0.460. The van der Waals surface area contributed by atoms with Crippen molar-refractivity contribution in [3.05, 3.63) is 65.7 Å². The second-order valence-corrected chi connectivity index (χ2v) is 5.78. The van der Waals surface area contributed by atoms with Crippen LogP contribution in [-0.2, 0) is 17.8 Å². The van der Waals surface area contributed by atoms with Gasteiger partial charge in [0.05, 0.1) is 6.61 Å². The van der Waals surface area contributed by atoms with Gasteiger partial charge in [-0.15, -0.1) is 0 Å². The molecule has 0 aliphatic rings. The maximum atomic E-state index is 5.97. The maximum Gasteiger partial charge on any atom is 0.193 e. The summed E-state index contributed by atoms with van der Waals surface area (Å²) in [6.45, 7) is 1.30. The number of aliphatic imine (C=N–C) groups is 1. The van der Waals surface area contributed by atoms with E-state index in [-0.39, 0.29) is 0 Å². The van der Waals surface area contributed by atoms with Gasteiger partial charge in [0.2, 0.25) is 0 Å². The van der Waals surface area contributed by atoms with Crippen LogP contribution in [0, 0.1) is 0 Å². The number of rotatable bonds is 9. The van der Waals surface area contributed by atoms with E-state index in [0.29, 0.717) is 12.6 Å². The van der Waals surface area contributed by atoms with E-state index < -0.39 is 0 Å². The average Bonchev–Trinajstić information content (AvgIpc) is 2.61. The number of nitrogens with one attached hydrogen (secondary N) is 1. The van der Waals surface area contributed by atoms with Crippen LogP contribution in [0.4, 0.5) is 5.69 Å². The molecule has 24 heavy (non-hydrogen) atoms. The van der Waals surface area contributed by atoms with Crippen LogP contribution >= 0.6 is 0 Å². The number of para-hydroxylation sites is 1. The van der Waals surface area contributed by atoms with Crippen LogP contribution < -0.4 is 11.1 Å². The van der Waals surface area contributed by atoms with E-state index in [0.717, 1.165) is 37.1 Å². The molecule has 0 radical (unpaired) electrons. The highest BCUT2D eigenvalue weighted by molar-refractivity contribution is 5.92. The highest BCUT2D eigenvalue weighted by Crippen LogP contribution is 2.15. The molecule has 0 spiro atoms. The number of aryl methyl sites for hydroxylation is 1. The number of hydrogen-bond acceptors (Lipinski definition) is 2. The Morgan fingerprint density at radius 3 is 2.54 bits per heavy atom. The van der Waals surface area contributed by atoms with Gasteiger partial charge >= 0.3 is 0 Å². The van der Waals surface area contributed by atoms with Crippen LogP contribution in [0.15, 0.2) is 59.6 Å². The third-order valence-corrected chi connectivity index (χ3v) is 3.83. The minimum Gasteiger partial charge on any atom is -0.380 e. The third-order valence-electron chi connectivity index (χ3n) is 3.83. The Morgan fingerprint density at radius 2 is 1.75 bits per heavy atom. The molecule has 4 heteroatoms. The topological polar surface area (TPSA) is 59.6 Å². The number of hydrogen-bond donors (Lipinski definition) is 2. The Balaban J connectivity index is 1.68. The standard InChI is InChI=1S/C20H27N3O/c1-24-16-18-13-7-8-14-19(18)23-20(21)22-15-9-3-6-12-17-10-4-2-5-11-17/h2,4-5,7-8,10-11,13-14H,3,6,9,12,15-16H2,1H3,(H3,21,22,23). The number of anilines is 1. The van der Waals surface area contributed by atoms with Crippen molar-refractivity contribution in [2.75, 3.05) is 19.0 Å². The number of benzene rings is 2. The summed E-state index contributed by atoms with van der Waals surface area (Å²) in [6, 6.07) is 18.5. The van der Waals surface area contributed by atoms with Crippen molar-refractivity contribution >= 4 is 11.6 Å². The molecule has 0 saturated heterocycles. The van der Waals surface area contributed by atoms with Crippen molar-refractivity contribution in [3.8, 4) is 0 Å². The lowest BCUT2D eigenvalue weighted by atomic mass is 10.1. The van der Waals surface area contributed by atoms with Crippen LogP contribution in [-0.4, -0.2) is 19.6 Å². The first kappa shape index (κ1) is 18.0. The Kier molecular flexibility index (Phi) is 7.84. The first-order valence-electron chi connectivity index (χ1n) is 8.47. The average molecular weight is 325 g/mol. The molecule has 0 bridgehead atoms. The predicted molar refractivity (Wildman–Crippen MR) is 101 cm³/mol. The number of guanidine groups is 1. The Hall–Kier alpha value is -2.33. The van der Waals surface area contributed by atoms with Crippen LogP contribution in [0.25, 0.3) is 0 Å². The predicted octanol–water partition coefficient (Wildman–Crippen LogP) is 3.97. The van der Waals surface area contributed by atoms with Gasteiger partial charge in [0.1, 0.15) is 0 Å². The number of ether oxygens (including phenoxy) is 1. The van der Waals surface area contributed by atoms with Gasteiger partial charge in [-0.3, -0.25) is 4.99 Å². The van der Waals surface area contributed by atoms with Gasteiger partial charge in [0, 0.05) is 24.9 Å². The van der Waals surface area contributed by atoms with E-state index in [9.17, 15) is 0 Å². The van der Waals surface area contributed by atoms with Crippen LogP contribution in [0.1, 0.15) is 30.4 Å². The highest BCUT2D eigenvalue weighted by atomic mass is 16.5. The molecule has 0 aliphatic heterocycles. The number of nitrogens with zero attached hydrogens (tertiary/aromatic N) is 1. The van der Waals surface area contributed by atoms with Crippen molar-refractivity contribution in [1.29, 1.82) is 0 Å². The van der Waals surface area contributed by atoms with E-state index in [2.05, 4.69) is 40.6 Å². The fourth-order valence-electron chi connectivity index (χ4n) is 2.56. The second-order valence-electron chi connectivity index (χ2n) is 5.78. The van der Waals surface area contributed by atoms with Gasteiger partial charge in [-0.1, -0.05) is 55.0 Å². The monoisotopic (exact) mass is 325 g/mol. The molecular weight excluding hydrogens is 298 g/mol. The lowest BCUT2D eigenvalue weighted by Crippen LogP contribution is -2.23. The molecule has 0 aliphatic carbocycles. The molecule has 0 amide bonds. The molecule has 0 heterocycles. The van der Waals surface area contributed by atoms with E-state index in [1.807, 2.05) is 24.3 Å². The summed E-state index contributed by atoms with van der Waals surface area (Å²) < 4.78 is 5.19. The third kappa shape index (κ3) is 6.42. The lowest BCUT2D eigenvalue weighted by Gasteiger charge is -2.10. The van der Waals surface area contributed by atoms with Gasteiger partial charge in [-0.25, -0.2) is 0 Å². The molecule has 128 valence electrons. The minimum absolute atomic E-state index is 0.460. The second kappa shape index (κ2) is 10.4. The van der Waals surface area contributed by atoms with Crippen molar-refractivity contribution in [2.24, 2.45) is 10.7 Å². The summed E-state index contributed by atoms with van der Waals surface area (Å²) >= 11 is 0. The zero-order valence-electron chi connectivity index (χ0n) is 14.4. The molecule has 4 nitrogen and oxygen atoms in total. The Bertz CT molecular complexity index is 626. The van der Waals surface area contributed by atoms with Gasteiger partial charge in [0.25, 0.3) is 0 Å². The molecule has 2 aromatic carbocycles. The molecular formula is C20H27N3O. The molecule has 2 aromatic rings. The normalized spacial score (nSPS) is 11.5. The summed E-state index contributed by atoms with van der Waals surface area (Å²) in [5.41, 5.74) is 9.39. The largest absolute Gasteiger partial charge is 0.380 e. The van der Waals surface area contributed by atoms with E-state index >= 15 is 0 Å². The Morgan fingerprint density at radius 1 is 1.00 bits per heavy atom. The zero-order valence-corrected chi connectivity index (χ0v) is 14.4. The van der Waals surface area contributed by atoms with Crippen molar-refractivity contribution in [2.45, 2.75) is 32.3 Å². The summed E-state index contributed by atoms with van der Waals surface area (Å²) in [6.07, 6.45) is 4.52. The van der Waals surface area contributed by atoms with E-state index in [4.69, 9.17) is 10.5 Å². The van der Waals surface area contributed by atoms with Crippen LogP contribution in [0.5, 0.6) is 0 Å². The van der Waals surface area contributed by atoms with Gasteiger partial charge < -0.3 is 15.8 Å². The first-order valence-corrected chi connectivity index (χ1v) is 8.47. The van der Waals surface area contributed by atoms with Crippen molar-refractivity contribution < 1.29 is 4.74 Å². The van der Waals surface area contributed by atoms with E-state index in [1.165, 1.54) is 12.0 Å². The highest BCUT2D eigenvalue weighted by Gasteiger charge is 2.02.